The van der Waals surface area contributed by atoms with Gasteiger partial charge in [0.2, 0.25) is 0 Å². The smallest absolute Gasteiger partial charge is 0.322 e. The highest BCUT2D eigenvalue weighted by Gasteiger charge is 2.16. The fourth-order valence-electron chi connectivity index (χ4n) is 2.24. The fourth-order valence-corrected chi connectivity index (χ4v) is 2.24. The van der Waals surface area contributed by atoms with Gasteiger partial charge in [-0.1, -0.05) is 18.2 Å². The molecule has 0 aliphatic carbocycles. The molecule has 1 aliphatic rings. The van der Waals surface area contributed by atoms with Crippen LogP contribution >= 0.6 is 0 Å². The van der Waals surface area contributed by atoms with E-state index in [1.165, 1.54) is 0 Å². The van der Waals surface area contributed by atoms with E-state index in [2.05, 4.69) is 15.3 Å². The Morgan fingerprint density at radius 2 is 2.09 bits per heavy atom. The first-order valence-corrected chi connectivity index (χ1v) is 6.74. The third kappa shape index (κ3) is 2.31. The van der Waals surface area contributed by atoms with Crippen molar-refractivity contribution in [3.8, 4) is 17.5 Å². The SMILES string of the molecule is O=C1COc2ccc(Oc3ncc4ccccc4n3)cc2N1. The molecule has 0 atom stereocenters. The van der Waals surface area contributed by atoms with Gasteiger partial charge in [-0.2, -0.15) is 4.98 Å². The lowest BCUT2D eigenvalue weighted by Crippen LogP contribution is -2.25. The van der Waals surface area contributed by atoms with Gasteiger partial charge in [0, 0.05) is 17.6 Å². The van der Waals surface area contributed by atoms with E-state index in [0.29, 0.717) is 17.2 Å². The van der Waals surface area contributed by atoms with E-state index in [1.807, 2.05) is 24.3 Å². The minimum atomic E-state index is -0.188. The normalized spacial score (nSPS) is 13.2. The van der Waals surface area contributed by atoms with Crippen LogP contribution in [0.4, 0.5) is 5.69 Å². The molecule has 6 nitrogen and oxygen atoms in total. The summed E-state index contributed by atoms with van der Waals surface area (Å²) in [7, 11) is 0. The number of hydrogen-bond donors (Lipinski definition) is 1. The van der Waals surface area contributed by atoms with Crippen molar-refractivity contribution in [1.29, 1.82) is 0 Å². The Morgan fingerprint density at radius 1 is 1.18 bits per heavy atom. The van der Waals surface area contributed by atoms with Crippen LogP contribution in [0.25, 0.3) is 10.9 Å². The van der Waals surface area contributed by atoms with E-state index in [-0.39, 0.29) is 18.5 Å². The van der Waals surface area contributed by atoms with Gasteiger partial charge in [0.25, 0.3) is 5.91 Å². The predicted molar refractivity (Wildman–Crippen MR) is 80.2 cm³/mol. The topological polar surface area (TPSA) is 73.3 Å². The molecule has 0 spiro atoms. The van der Waals surface area contributed by atoms with Gasteiger partial charge in [0.15, 0.2) is 6.61 Å². The van der Waals surface area contributed by atoms with Crippen LogP contribution in [-0.4, -0.2) is 22.5 Å². The maximum absolute atomic E-state index is 11.3. The Bertz CT molecular complexity index is 879. The van der Waals surface area contributed by atoms with Crippen LogP contribution in [-0.2, 0) is 4.79 Å². The number of fused-ring (bicyclic) bond motifs is 2. The summed E-state index contributed by atoms with van der Waals surface area (Å²) >= 11 is 0. The lowest BCUT2D eigenvalue weighted by molar-refractivity contribution is -0.118. The molecular weight excluding hydrogens is 282 g/mol. The molecule has 0 saturated heterocycles. The molecule has 0 unspecified atom stereocenters. The average molecular weight is 293 g/mol. The number of anilines is 1. The monoisotopic (exact) mass is 293 g/mol. The number of para-hydroxylation sites is 1. The van der Waals surface area contributed by atoms with Crippen molar-refractivity contribution in [2.75, 3.05) is 11.9 Å². The first-order chi connectivity index (χ1) is 10.8. The molecule has 2 aromatic carbocycles. The molecule has 22 heavy (non-hydrogen) atoms. The molecule has 0 saturated carbocycles. The summed E-state index contributed by atoms with van der Waals surface area (Å²) < 4.78 is 11.0. The molecule has 6 heteroatoms. The standard InChI is InChI=1S/C16H11N3O3/c20-15-9-21-14-6-5-11(7-13(14)18-15)22-16-17-8-10-3-1-2-4-12(10)19-16/h1-8H,9H2,(H,18,20). The highest BCUT2D eigenvalue weighted by atomic mass is 16.5. The van der Waals surface area contributed by atoms with Crippen LogP contribution in [0.5, 0.6) is 17.5 Å². The summed E-state index contributed by atoms with van der Waals surface area (Å²) in [5, 5.41) is 3.68. The van der Waals surface area contributed by atoms with Crippen LogP contribution in [0.1, 0.15) is 0 Å². The maximum atomic E-state index is 11.3. The molecule has 1 aliphatic heterocycles. The van der Waals surface area contributed by atoms with E-state index in [0.717, 1.165) is 10.9 Å². The van der Waals surface area contributed by atoms with Crippen LogP contribution in [0, 0.1) is 0 Å². The molecule has 0 fully saturated rings. The zero-order valence-corrected chi connectivity index (χ0v) is 11.4. The second kappa shape index (κ2) is 5.00. The number of nitrogens with one attached hydrogen (secondary N) is 1. The minimum absolute atomic E-state index is 0.0288. The summed E-state index contributed by atoms with van der Waals surface area (Å²) in [5.74, 6) is 0.956. The number of hydrogen-bond acceptors (Lipinski definition) is 5. The highest BCUT2D eigenvalue weighted by molar-refractivity contribution is 5.95. The van der Waals surface area contributed by atoms with Gasteiger partial charge in [-0.25, -0.2) is 4.98 Å². The molecule has 4 rings (SSSR count). The first kappa shape index (κ1) is 12.6. The summed E-state index contributed by atoms with van der Waals surface area (Å²) in [6, 6.07) is 13.1. The van der Waals surface area contributed by atoms with Crippen LogP contribution in [0.15, 0.2) is 48.7 Å². The Balaban J connectivity index is 1.64. The molecule has 0 radical (unpaired) electrons. The van der Waals surface area contributed by atoms with Crippen LogP contribution < -0.4 is 14.8 Å². The Morgan fingerprint density at radius 3 is 3.05 bits per heavy atom. The van der Waals surface area contributed by atoms with Gasteiger partial charge in [-0.15, -0.1) is 0 Å². The third-order valence-corrected chi connectivity index (χ3v) is 3.26. The second-order valence-electron chi connectivity index (χ2n) is 4.81. The Labute approximate surface area is 125 Å². The van der Waals surface area contributed by atoms with Crippen LogP contribution in [0.2, 0.25) is 0 Å². The molecule has 1 amide bonds. The van der Waals surface area contributed by atoms with Crippen molar-refractivity contribution >= 4 is 22.5 Å². The number of amides is 1. The second-order valence-corrected chi connectivity index (χ2v) is 4.81. The zero-order chi connectivity index (χ0) is 14.9. The largest absolute Gasteiger partial charge is 0.482 e. The predicted octanol–water partition coefficient (Wildman–Crippen LogP) is 2.75. The number of benzene rings is 2. The van der Waals surface area contributed by atoms with Crippen molar-refractivity contribution in [2.45, 2.75) is 0 Å². The van der Waals surface area contributed by atoms with Gasteiger partial charge in [-0.05, 0) is 18.2 Å². The number of ether oxygens (including phenoxy) is 2. The molecule has 108 valence electrons. The fraction of sp³-hybridized carbons (Fsp3) is 0.0625. The summed E-state index contributed by atoms with van der Waals surface area (Å²) in [5.41, 5.74) is 1.39. The van der Waals surface area contributed by atoms with E-state index in [4.69, 9.17) is 9.47 Å². The lowest BCUT2D eigenvalue weighted by atomic mass is 10.2. The van der Waals surface area contributed by atoms with Crippen molar-refractivity contribution in [1.82, 2.24) is 9.97 Å². The van der Waals surface area contributed by atoms with E-state index in [1.54, 1.807) is 24.4 Å². The van der Waals surface area contributed by atoms with Gasteiger partial charge < -0.3 is 14.8 Å². The quantitative estimate of drug-likeness (QED) is 0.786. The lowest BCUT2D eigenvalue weighted by Gasteiger charge is -2.18. The number of nitrogens with zero attached hydrogens (tertiary/aromatic N) is 2. The van der Waals surface area contributed by atoms with Crippen molar-refractivity contribution < 1.29 is 14.3 Å². The molecule has 1 aromatic heterocycles. The number of carbonyl (C=O) groups is 1. The number of rotatable bonds is 2. The molecule has 0 bridgehead atoms. The Kier molecular flexibility index (Phi) is 2.86. The summed E-state index contributed by atoms with van der Waals surface area (Å²) in [6.45, 7) is 0.0288. The molecular formula is C16H11N3O3. The van der Waals surface area contributed by atoms with Gasteiger partial charge in [-0.3, -0.25) is 4.79 Å². The van der Waals surface area contributed by atoms with E-state index in [9.17, 15) is 4.79 Å². The van der Waals surface area contributed by atoms with E-state index >= 15 is 0 Å². The molecule has 3 aromatic rings. The maximum Gasteiger partial charge on any atom is 0.322 e. The van der Waals surface area contributed by atoms with Crippen LogP contribution in [0.3, 0.4) is 0 Å². The zero-order valence-electron chi connectivity index (χ0n) is 11.4. The van der Waals surface area contributed by atoms with Crippen molar-refractivity contribution in [2.24, 2.45) is 0 Å². The summed E-state index contributed by atoms with van der Waals surface area (Å²) in [6.07, 6.45) is 1.71. The van der Waals surface area contributed by atoms with Gasteiger partial charge in [0.1, 0.15) is 11.5 Å². The first-order valence-electron chi connectivity index (χ1n) is 6.74. The minimum Gasteiger partial charge on any atom is -0.482 e. The molecule has 1 N–H and O–H groups in total. The molecule has 2 heterocycles. The average Bonchev–Trinajstić information content (AvgIpc) is 2.54. The van der Waals surface area contributed by atoms with Gasteiger partial charge in [0.05, 0.1) is 11.2 Å². The third-order valence-electron chi connectivity index (χ3n) is 3.26. The Hall–Kier alpha value is -3.15. The highest BCUT2D eigenvalue weighted by Crippen LogP contribution is 2.32. The summed E-state index contributed by atoms with van der Waals surface area (Å²) in [4.78, 5) is 19.9. The number of carbonyl (C=O) groups excluding carboxylic acids is 1. The van der Waals surface area contributed by atoms with Crippen molar-refractivity contribution in [3.63, 3.8) is 0 Å². The van der Waals surface area contributed by atoms with Crippen molar-refractivity contribution in [3.05, 3.63) is 48.7 Å². The van der Waals surface area contributed by atoms with E-state index < -0.39 is 0 Å². The van der Waals surface area contributed by atoms with Gasteiger partial charge >= 0.3 is 6.01 Å². The number of aromatic nitrogens is 2.